The van der Waals surface area contributed by atoms with Gasteiger partial charge in [0.2, 0.25) is 0 Å². The number of hydrogen-bond acceptors (Lipinski definition) is 7. The van der Waals surface area contributed by atoms with E-state index in [0.29, 0.717) is 25.5 Å². The molecule has 3 aromatic rings. The van der Waals surface area contributed by atoms with Gasteiger partial charge in [0.15, 0.2) is 17.6 Å². The fraction of sp³-hybridized carbons (Fsp3) is 0.316. The second kappa shape index (κ2) is 6.99. The smallest absolute Gasteiger partial charge is 0.417 e. The number of aromatic carboxylic acids is 1. The maximum atomic E-state index is 13.5. The van der Waals surface area contributed by atoms with Gasteiger partial charge in [-0.15, -0.1) is 0 Å². The molecule has 5 rings (SSSR count). The molecule has 0 bridgehead atoms. The number of benzene rings is 1. The van der Waals surface area contributed by atoms with Crippen molar-refractivity contribution in [1.82, 2.24) is 10.1 Å². The predicted molar refractivity (Wildman–Crippen MR) is 103 cm³/mol. The molecule has 1 N–H and O–H groups in total. The summed E-state index contributed by atoms with van der Waals surface area (Å²) in [7, 11) is 0. The van der Waals surface area contributed by atoms with Crippen LogP contribution >= 0.6 is 11.6 Å². The molecule has 1 aromatic carbocycles. The number of epoxide rings is 1. The van der Waals surface area contributed by atoms with Gasteiger partial charge >= 0.3 is 12.1 Å². The van der Waals surface area contributed by atoms with Crippen molar-refractivity contribution < 1.29 is 32.3 Å². The minimum Gasteiger partial charge on any atom is -0.478 e. The Balaban J connectivity index is 1.47. The van der Waals surface area contributed by atoms with Gasteiger partial charge in [-0.05, 0) is 18.2 Å². The normalized spacial score (nSPS) is 21.2. The van der Waals surface area contributed by atoms with Crippen LogP contribution in [0.5, 0.6) is 0 Å². The topological polar surface area (TPSA) is 95.2 Å². The summed E-state index contributed by atoms with van der Waals surface area (Å²) in [6, 6.07) is 5.01. The quantitative estimate of drug-likeness (QED) is 0.599. The first kappa shape index (κ1) is 19.9. The van der Waals surface area contributed by atoms with Crippen LogP contribution in [0, 0.1) is 0 Å². The highest BCUT2D eigenvalue weighted by atomic mass is 35.5. The monoisotopic (exact) mass is 454 g/mol. The van der Waals surface area contributed by atoms with Crippen LogP contribution in [0.2, 0.25) is 5.02 Å². The van der Waals surface area contributed by atoms with Crippen LogP contribution in [0.25, 0.3) is 11.0 Å². The molecule has 8 nitrogen and oxygen atoms in total. The van der Waals surface area contributed by atoms with E-state index in [1.807, 2.05) is 0 Å². The van der Waals surface area contributed by atoms with E-state index in [1.165, 1.54) is 24.4 Å². The van der Waals surface area contributed by atoms with Gasteiger partial charge in [0, 0.05) is 19.3 Å². The zero-order chi connectivity index (χ0) is 21.9. The molecule has 2 aliphatic heterocycles. The number of carboxylic acid groups (broad SMARTS) is 1. The molecule has 162 valence electrons. The molecule has 12 heteroatoms. The third-order valence-electron chi connectivity index (χ3n) is 5.30. The number of halogens is 4. The Hall–Kier alpha value is -3.05. The number of carbonyl (C=O) groups is 1. The Morgan fingerprint density at radius 2 is 2.06 bits per heavy atom. The Kier molecular flexibility index (Phi) is 4.48. The lowest BCUT2D eigenvalue weighted by molar-refractivity contribution is -0.136. The molecule has 4 heterocycles. The summed E-state index contributed by atoms with van der Waals surface area (Å²) in [4.78, 5) is 18.7. The molecule has 0 spiro atoms. The zero-order valence-corrected chi connectivity index (χ0v) is 16.4. The molecule has 31 heavy (non-hydrogen) atoms. The van der Waals surface area contributed by atoms with Crippen LogP contribution in [-0.2, 0) is 10.9 Å². The molecule has 2 atom stereocenters. The van der Waals surface area contributed by atoms with Crippen molar-refractivity contribution in [2.75, 3.05) is 29.4 Å². The molecule has 0 radical (unpaired) electrons. The average Bonchev–Trinajstić information content (AvgIpc) is 3.37. The summed E-state index contributed by atoms with van der Waals surface area (Å²) in [5, 5.41) is 13.0. The number of ether oxygens (including phenoxy) is 1. The average molecular weight is 455 g/mol. The van der Waals surface area contributed by atoms with E-state index in [4.69, 9.17) is 26.0 Å². The standard InChI is InChI=1S/C19H14ClF3N4O4/c20-11-6-9(18(28)29)7-24-15(11)27-5-4-26(8-13-17(27)30-13)16-14-10(19(21,22)23)2-1-3-12(14)31-25-16/h1-3,6-7,13,17H,4-5,8H2,(H,28,29). The largest absolute Gasteiger partial charge is 0.478 e. The van der Waals surface area contributed by atoms with E-state index in [0.717, 1.165) is 6.07 Å². The third kappa shape index (κ3) is 3.43. The van der Waals surface area contributed by atoms with E-state index in [-0.39, 0.29) is 39.7 Å². The number of carboxylic acids is 1. The van der Waals surface area contributed by atoms with Crippen LogP contribution in [0.15, 0.2) is 35.0 Å². The minimum absolute atomic E-state index is 0.0489. The van der Waals surface area contributed by atoms with Crippen molar-refractivity contribution in [2.24, 2.45) is 0 Å². The Morgan fingerprint density at radius 3 is 2.77 bits per heavy atom. The highest BCUT2D eigenvalue weighted by Crippen LogP contribution is 2.41. The number of fused-ring (bicyclic) bond motifs is 2. The van der Waals surface area contributed by atoms with Crippen molar-refractivity contribution in [3.8, 4) is 0 Å². The van der Waals surface area contributed by atoms with E-state index < -0.39 is 17.7 Å². The first-order chi connectivity index (χ1) is 14.7. The lowest BCUT2D eigenvalue weighted by Crippen LogP contribution is -2.34. The van der Waals surface area contributed by atoms with Gasteiger partial charge in [-0.3, -0.25) is 0 Å². The highest BCUT2D eigenvalue weighted by Gasteiger charge is 2.48. The van der Waals surface area contributed by atoms with Crippen molar-refractivity contribution in [2.45, 2.75) is 18.5 Å². The zero-order valence-electron chi connectivity index (χ0n) is 15.6. The van der Waals surface area contributed by atoms with Gasteiger partial charge in [-0.25, -0.2) is 9.78 Å². The Morgan fingerprint density at radius 1 is 1.26 bits per heavy atom. The maximum Gasteiger partial charge on any atom is 0.417 e. The number of pyridine rings is 1. The first-order valence-corrected chi connectivity index (χ1v) is 9.63. The van der Waals surface area contributed by atoms with E-state index in [1.54, 1.807) is 9.80 Å². The lowest BCUT2D eigenvalue weighted by Gasteiger charge is -2.25. The van der Waals surface area contributed by atoms with E-state index in [2.05, 4.69) is 10.1 Å². The van der Waals surface area contributed by atoms with Gasteiger partial charge < -0.3 is 24.2 Å². The summed E-state index contributed by atoms with van der Waals surface area (Å²) in [5.41, 5.74) is -0.815. The molecule has 2 unspecified atom stereocenters. The lowest BCUT2D eigenvalue weighted by atomic mass is 10.1. The Labute approximate surface area is 177 Å². The second-order valence-electron chi connectivity index (χ2n) is 7.22. The van der Waals surface area contributed by atoms with Gasteiger partial charge in [0.05, 0.1) is 28.1 Å². The molecule has 2 saturated heterocycles. The fourth-order valence-corrected chi connectivity index (χ4v) is 4.09. The van der Waals surface area contributed by atoms with Crippen LogP contribution in [0.3, 0.4) is 0 Å². The number of aromatic nitrogens is 2. The SMILES string of the molecule is O=C(O)c1cnc(N2CCN(c3noc4cccc(C(F)(F)F)c34)CC3OC32)c(Cl)c1. The van der Waals surface area contributed by atoms with Gasteiger partial charge in [-0.1, -0.05) is 22.8 Å². The molecular formula is C19H14ClF3N4O4. The first-order valence-electron chi connectivity index (χ1n) is 9.25. The van der Waals surface area contributed by atoms with Crippen LogP contribution in [0.4, 0.5) is 24.8 Å². The molecule has 0 amide bonds. The Bertz CT molecular complexity index is 1180. The summed E-state index contributed by atoms with van der Waals surface area (Å²) < 4.78 is 51.5. The van der Waals surface area contributed by atoms with Gasteiger partial charge in [0.25, 0.3) is 0 Å². The predicted octanol–water partition coefficient (Wildman–Crippen LogP) is 3.64. The molecule has 0 saturated carbocycles. The van der Waals surface area contributed by atoms with Crippen molar-refractivity contribution >= 4 is 40.2 Å². The summed E-state index contributed by atoms with van der Waals surface area (Å²) in [5.74, 6) is -0.705. The maximum absolute atomic E-state index is 13.5. The fourth-order valence-electron chi connectivity index (χ4n) is 3.81. The van der Waals surface area contributed by atoms with Gasteiger partial charge in [0.1, 0.15) is 11.9 Å². The van der Waals surface area contributed by atoms with E-state index >= 15 is 0 Å². The minimum atomic E-state index is -4.56. The van der Waals surface area contributed by atoms with Crippen molar-refractivity contribution in [1.29, 1.82) is 0 Å². The molecule has 2 aliphatic rings. The van der Waals surface area contributed by atoms with Crippen LogP contribution in [0.1, 0.15) is 15.9 Å². The summed E-state index contributed by atoms with van der Waals surface area (Å²) in [6.07, 6.45) is -4.03. The number of nitrogens with zero attached hydrogens (tertiary/aromatic N) is 4. The van der Waals surface area contributed by atoms with E-state index in [9.17, 15) is 18.0 Å². The number of rotatable bonds is 3. The summed E-state index contributed by atoms with van der Waals surface area (Å²) in [6.45, 7) is 0.936. The highest BCUT2D eigenvalue weighted by molar-refractivity contribution is 6.33. The molecular weight excluding hydrogens is 441 g/mol. The van der Waals surface area contributed by atoms with Crippen molar-refractivity contribution in [3.05, 3.63) is 46.6 Å². The van der Waals surface area contributed by atoms with Crippen molar-refractivity contribution in [3.63, 3.8) is 0 Å². The number of hydrogen-bond donors (Lipinski definition) is 1. The summed E-state index contributed by atoms with van der Waals surface area (Å²) >= 11 is 6.24. The molecule has 2 fully saturated rings. The molecule has 2 aromatic heterocycles. The molecule has 0 aliphatic carbocycles. The van der Waals surface area contributed by atoms with Crippen LogP contribution in [-0.4, -0.2) is 53.2 Å². The number of anilines is 2. The van der Waals surface area contributed by atoms with Crippen LogP contribution < -0.4 is 9.80 Å². The van der Waals surface area contributed by atoms with Gasteiger partial charge in [-0.2, -0.15) is 13.2 Å². The second-order valence-corrected chi connectivity index (χ2v) is 7.63. The number of alkyl halides is 3. The third-order valence-corrected chi connectivity index (χ3v) is 5.58.